The Bertz CT molecular complexity index is 766. The molecular formula is C19H24F2N2O2. The number of aromatic nitrogens is 1. The van der Waals surface area contributed by atoms with Crippen molar-refractivity contribution in [1.29, 1.82) is 0 Å². The van der Waals surface area contributed by atoms with Crippen LogP contribution in [0.2, 0.25) is 0 Å². The molecule has 136 valence electrons. The largest absolute Gasteiger partial charge is 0.507 e. The Morgan fingerprint density at radius 2 is 2.04 bits per heavy atom. The maximum absolute atomic E-state index is 13.5. The molecule has 0 aliphatic carbocycles. The predicted molar refractivity (Wildman–Crippen MR) is 93.9 cm³/mol. The number of alkyl halides is 2. The van der Waals surface area contributed by atoms with E-state index >= 15 is 0 Å². The van der Waals surface area contributed by atoms with Crippen LogP contribution in [0.15, 0.2) is 18.2 Å². The molecule has 0 spiro atoms. The number of hydrogen-bond donors (Lipinski definition) is 3. The zero-order chi connectivity index (χ0) is 18.2. The minimum Gasteiger partial charge on any atom is -0.507 e. The van der Waals surface area contributed by atoms with Crippen LogP contribution in [0, 0.1) is 0 Å². The Kier molecular flexibility index (Phi) is 4.73. The number of benzene rings is 1. The second-order valence-corrected chi connectivity index (χ2v) is 6.78. The number of anilines is 1. The Morgan fingerprint density at radius 1 is 1.32 bits per heavy atom. The lowest BCUT2D eigenvalue weighted by Crippen LogP contribution is -2.15. The van der Waals surface area contributed by atoms with Crippen LogP contribution in [0.3, 0.4) is 0 Å². The number of phenols is 1. The summed E-state index contributed by atoms with van der Waals surface area (Å²) in [7, 11) is 0. The lowest BCUT2D eigenvalue weighted by molar-refractivity contribution is 0.0173. The summed E-state index contributed by atoms with van der Waals surface area (Å²) < 4.78 is 32.5. The van der Waals surface area contributed by atoms with E-state index in [-0.39, 0.29) is 11.3 Å². The standard InChI is InChI=1S/C19H24F2N2O2/c1-4-5-11(2)22-18-15-10-25-9-14(15)17(23-18)13-7-6-12(8-16(13)24)19(3,20)21/h6-8,11,22-24H,4-5,9-10H2,1-3H3/t11-/m0/s1. The summed E-state index contributed by atoms with van der Waals surface area (Å²) in [4.78, 5) is 3.32. The van der Waals surface area contributed by atoms with E-state index in [4.69, 9.17) is 4.74 Å². The Morgan fingerprint density at radius 3 is 2.68 bits per heavy atom. The number of rotatable bonds is 6. The zero-order valence-corrected chi connectivity index (χ0v) is 14.7. The van der Waals surface area contributed by atoms with E-state index < -0.39 is 5.92 Å². The highest BCUT2D eigenvalue weighted by Gasteiger charge is 2.28. The van der Waals surface area contributed by atoms with Gasteiger partial charge in [-0.05, 0) is 25.5 Å². The highest BCUT2D eigenvalue weighted by Crippen LogP contribution is 2.41. The monoisotopic (exact) mass is 350 g/mol. The van der Waals surface area contributed by atoms with Crippen LogP contribution < -0.4 is 5.32 Å². The highest BCUT2D eigenvalue weighted by atomic mass is 19.3. The second kappa shape index (κ2) is 6.67. The Hall–Kier alpha value is -2.08. The molecule has 0 fully saturated rings. The quantitative estimate of drug-likeness (QED) is 0.677. The molecule has 4 nitrogen and oxygen atoms in total. The number of nitrogens with one attached hydrogen (secondary N) is 2. The van der Waals surface area contributed by atoms with Gasteiger partial charge in [0.15, 0.2) is 0 Å². The lowest BCUT2D eigenvalue weighted by Gasteiger charge is -2.14. The fraction of sp³-hybridized carbons (Fsp3) is 0.474. The molecule has 2 aromatic rings. The molecule has 0 amide bonds. The molecule has 1 aliphatic rings. The number of phenolic OH excluding ortho intramolecular Hbond substituents is 1. The van der Waals surface area contributed by atoms with Gasteiger partial charge in [0.25, 0.3) is 5.92 Å². The number of fused-ring (bicyclic) bond motifs is 1. The number of hydrogen-bond acceptors (Lipinski definition) is 3. The molecule has 3 N–H and O–H groups in total. The average molecular weight is 350 g/mol. The average Bonchev–Trinajstić information content (AvgIpc) is 3.11. The van der Waals surface area contributed by atoms with Crippen molar-refractivity contribution >= 4 is 5.82 Å². The van der Waals surface area contributed by atoms with Gasteiger partial charge in [-0.15, -0.1) is 0 Å². The molecule has 2 heterocycles. The zero-order valence-electron chi connectivity index (χ0n) is 14.7. The Balaban J connectivity index is 1.98. The van der Waals surface area contributed by atoms with Crippen LogP contribution in [0.25, 0.3) is 11.3 Å². The van der Waals surface area contributed by atoms with Gasteiger partial charge in [-0.3, -0.25) is 0 Å². The van der Waals surface area contributed by atoms with Gasteiger partial charge in [0.1, 0.15) is 11.6 Å². The number of H-pyrrole nitrogens is 1. The fourth-order valence-corrected chi connectivity index (χ4v) is 3.27. The SMILES string of the molecule is CCC[C@H](C)Nc1[nH]c(-c2ccc(C(C)(F)F)cc2O)c2c1COC2. The lowest BCUT2D eigenvalue weighted by atomic mass is 10.0. The van der Waals surface area contributed by atoms with Gasteiger partial charge in [-0.1, -0.05) is 19.4 Å². The first-order chi connectivity index (χ1) is 11.8. The summed E-state index contributed by atoms with van der Waals surface area (Å²) >= 11 is 0. The second-order valence-electron chi connectivity index (χ2n) is 6.78. The summed E-state index contributed by atoms with van der Waals surface area (Å²) in [6.45, 7) is 6.00. The van der Waals surface area contributed by atoms with Gasteiger partial charge < -0.3 is 20.1 Å². The number of aromatic amines is 1. The maximum atomic E-state index is 13.5. The van der Waals surface area contributed by atoms with Gasteiger partial charge in [-0.2, -0.15) is 0 Å². The molecular weight excluding hydrogens is 326 g/mol. The van der Waals surface area contributed by atoms with Crippen molar-refractivity contribution in [1.82, 2.24) is 4.98 Å². The summed E-state index contributed by atoms with van der Waals surface area (Å²) in [5.74, 6) is -2.27. The molecule has 1 aromatic heterocycles. The van der Waals surface area contributed by atoms with E-state index in [0.29, 0.717) is 24.8 Å². The van der Waals surface area contributed by atoms with Gasteiger partial charge in [0, 0.05) is 35.2 Å². The molecule has 0 saturated carbocycles. The van der Waals surface area contributed by atoms with Crippen LogP contribution in [0.5, 0.6) is 5.75 Å². The van der Waals surface area contributed by atoms with Crippen LogP contribution >= 0.6 is 0 Å². The molecule has 3 rings (SSSR count). The van der Waals surface area contributed by atoms with Crippen molar-refractivity contribution in [2.75, 3.05) is 5.32 Å². The first-order valence-corrected chi connectivity index (χ1v) is 8.61. The maximum Gasteiger partial charge on any atom is 0.270 e. The molecule has 0 radical (unpaired) electrons. The summed E-state index contributed by atoms with van der Waals surface area (Å²) in [6, 6.07) is 4.32. The van der Waals surface area contributed by atoms with Gasteiger partial charge >= 0.3 is 0 Å². The topological polar surface area (TPSA) is 57.3 Å². The third-order valence-corrected chi connectivity index (χ3v) is 4.60. The molecule has 6 heteroatoms. The van der Waals surface area contributed by atoms with Crippen LogP contribution in [0.4, 0.5) is 14.6 Å². The van der Waals surface area contributed by atoms with Gasteiger partial charge in [0.2, 0.25) is 0 Å². The van der Waals surface area contributed by atoms with E-state index in [1.807, 2.05) is 0 Å². The normalized spacial score (nSPS) is 15.2. The molecule has 0 saturated heterocycles. The minimum absolute atomic E-state index is 0.164. The first-order valence-electron chi connectivity index (χ1n) is 8.61. The number of aromatic hydroxyl groups is 1. The number of ether oxygens (including phenoxy) is 1. The van der Waals surface area contributed by atoms with Crippen molar-refractivity contribution in [2.24, 2.45) is 0 Å². The number of halogens is 2. The van der Waals surface area contributed by atoms with Crippen molar-refractivity contribution < 1.29 is 18.6 Å². The minimum atomic E-state index is -2.99. The smallest absolute Gasteiger partial charge is 0.270 e. The molecule has 0 bridgehead atoms. The third-order valence-electron chi connectivity index (χ3n) is 4.60. The van der Waals surface area contributed by atoms with E-state index in [2.05, 4.69) is 24.1 Å². The fourth-order valence-electron chi connectivity index (χ4n) is 3.27. The molecule has 1 atom stereocenters. The first kappa shape index (κ1) is 17.7. The van der Waals surface area contributed by atoms with Gasteiger partial charge in [0.05, 0.1) is 18.9 Å². The van der Waals surface area contributed by atoms with Crippen molar-refractivity contribution in [3.8, 4) is 17.0 Å². The van der Waals surface area contributed by atoms with Crippen molar-refractivity contribution in [2.45, 2.75) is 58.8 Å². The molecule has 1 aromatic carbocycles. The van der Waals surface area contributed by atoms with Gasteiger partial charge in [-0.25, -0.2) is 8.78 Å². The van der Waals surface area contributed by atoms with E-state index in [1.54, 1.807) is 0 Å². The molecule has 1 aliphatic heterocycles. The summed E-state index contributed by atoms with van der Waals surface area (Å²) in [6.07, 6.45) is 2.11. The van der Waals surface area contributed by atoms with Crippen molar-refractivity contribution in [3.05, 3.63) is 34.9 Å². The highest BCUT2D eigenvalue weighted by molar-refractivity contribution is 5.76. The summed E-state index contributed by atoms with van der Waals surface area (Å²) in [5.41, 5.74) is 3.04. The third kappa shape index (κ3) is 3.49. The Labute approximate surface area is 146 Å². The van der Waals surface area contributed by atoms with E-state index in [9.17, 15) is 13.9 Å². The van der Waals surface area contributed by atoms with Crippen LogP contribution in [-0.4, -0.2) is 16.1 Å². The van der Waals surface area contributed by atoms with E-state index in [0.717, 1.165) is 48.5 Å². The molecule has 25 heavy (non-hydrogen) atoms. The van der Waals surface area contributed by atoms with Crippen LogP contribution in [-0.2, 0) is 23.9 Å². The van der Waals surface area contributed by atoms with Crippen molar-refractivity contribution in [3.63, 3.8) is 0 Å². The van der Waals surface area contributed by atoms with E-state index in [1.165, 1.54) is 12.1 Å². The molecule has 0 unspecified atom stereocenters. The predicted octanol–water partition coefficient (Wildman–Crippen LogP) is 5.13. The van der Waals surface area contributed by atoms with Crippen LogP contribution in [0.1, 0.15) is 50.3 Å². The summed E-state index contributed by atoms with van der Waals surface area (Å²) in [5, 5.41) is 13.8.